The highest BCUT2D eigenvalue weighted by molar-refractivity contribution is 9.10. The van der Waals surface area contributed by atoms with Gasteiger partial charge in [-0.1, -0.05) is 67.0 Å². The number of rotatable bonds is 3. The average molecular weight is 452 g/mol. The van der Waals surface area contributed by atoms with Crippen molar-refractivity contribution in [3.8, 4) is 0 Å². The van der Waals surface area contributed by atoms with E-state index in [9.17, 15) is 9.59 Å². The van der Waals surface area contributed by atoms with Crippen molar-refractivity contribution in [1.82, 2.24) is 0 Å². The van der Waals surface area contributed by atoms with E-state index in [1.54, 1.807) is 4.90 Å². The van der Waals surface area contributed by atoms with Crippen LogP contribution < -0.4 is 4.90 Å². The van der Waals surface area contributed by atoms with E-state index in [1.807, 2.05) is 24.3 Å². The van der Waals surface area contributed by atoms with Crippen LogP contribution in [0.3, 0.4) is 0 Å². The number of hydrogen-bond acceptors (Lipinski definition) is 2. The minimum Gasteiger partial charge on any atom is -0.294 e. The number of benzene rings is 2. The monoisotopic (exact) mass is 451 g/mol. The Hall–Kier alpha value is -2.20. The van der Waals surface area contributed by atoms with Crippen LogP contribution in [0.4, 0.5) is 5.69 Å². The van der Waals surface area contributed by atoms with Crippen molar-refractivity contribution >= 4 is 33.3 Å². The molecule has 29 heavy (non-hydrogen) atoms. The Labute approximate surface area is 180 Å². The number of anilines is 1. The summed E-state index contributed by atoms with van der Waals surface area (Å²) >= 11 is 3.51. The molecule has 2 aromatic carbocycles. The molecule has 1 atom stereocenters. The number of hydrogen-bond donors (Lipinski definition) is 0. The smallest absolute Gasteiger partial charge is 0.232 e. The molecule has 0 N–H and O–H groups in total. The Morgan fingerprint density at radius 1 is 1.07 bits per heavy atom. The Balaban J connectivity index is 1.87. The molecule has 1 aliphatic heterocycles. The zero-order valence-corrected chi connectivity index (χ0v) is 18.8. The van der Waals surface area contributed by atoms with Gasteiger partial charge in [-0.05, 0) is 47.6 Å². The molecule has 0 aromatic heterocycles. The van der Waals surface area contributed by atoms with Gasteiger partial charge in [0.25, 0.3) is 0 Å². The summed E-state index contributed by atoms with van der Waals surface area (Å²) in [6.07, 6.45) is 2.54. The molecular weight excluding hydrogens is 426 g/mol. The van der Waals surface area contributed by atoms with Crippen LogP contribution in [-0.2, 0) is 16.0 Å². The van der Waals surface area contributed by atoms with Crippen molar-refractivity contribution in [3.63, 3.8) is 0 Å². The van der Waals surface area contributed by atoms with Gasteiger partial charge in [0.15, 0.2) is 5.78 Å². The number of amides is 1. The maximum atomic E-state index is 13.4. The van der Waals surface area contributed by atoms with E-state index in [2.05, 4.69) is 61.0 Å². The van der Waals surface area contributed by atoms with Crippen LogP contribution in [0.25, 0.3) is 0 Å². The lowest BCUT2D eigenvalue weighted by Gasteiger charge is -2.43. The second-order valence-corrected chi connectivity index (χ2v) is 9.78. The first-order valence-electron chi connectivity index (χ1n) is 10.2. The van der Waals surface area contributed by atoms with E-state index in [1.165, 1.54) is 5.56 Å². The Morgan fingerprint density at radius 2 is 1.79 bits per heavy atom. The topological polar surface area (TPSA) is 37.4 Å². The SMILES string of the molecule is CCc1ccc(C2CC(=O)N(c3cccc(Br)c3)C3=C2C(=O)CC(C)(C)C3)cc1. The van der Waals surface area contributed by atoms with E-state index in [-0.39, 0.29) is 23.0 Å². The van der Waals surface area contributed by atoms with E-state index in [0.29, 0.717) is 12.8 Å². The number of allylic oxidation sites excluding steroid dienone is 2. The molecule has 1 heterocycles. The molecule has 2 aliphatic rings. The molecule has 0 fully saturated rings. The lowest BCUT2D eigenvalue weighted by Crippen LogP contribution is -2.43. The Morgan fingerprint density at radius 3 is 2.45 bits per heavy atom. The predicted octanol–water partition coefficient (Wildman–Crippen LogP) is 6.18. The largest absolute Gasteiger partial charge is 0.294 e. The molecule has 1 amide bonds. The minimum absolute atomic E-state index is 0.0527. The standard InChI is InChI=1S/C25H26BrNO2/c1-4-16-8-10-17(11-9-16)20-13-23(29)27(19-7-5-6-18(26)12-19)21-14-25(2,3)15-22(28)24(20)21/h5-12,20H,4,13-15H2,1-3H3. The van der Waals surface area contributed by atoms with Crippen LogP contribution in [0.2, 0.25) is 0 Å². The molecule has 4 rings (SSSR count). The summed E-state index contributed by atoms with van der Waals surface area (Å²) in [7, 11) is 0. The summed E-state index contributed by atoms with van der Waals surface area (Å²) in [5.41, 5.74) is 4.69. The molecule has 4 heteroatoms. The Kier molecular flexibility index (Phi) is 5.24. The molecule has 0 spiro atoms. The quantitative estimate of drug-likeness (QED) is 0.558. The fourth-order valence-electron chi connectivity index (χ4n) is 4.60. The van der Waals surface area contributed by atoms with E-state index >= 15 is 0 Å². The number of carbonyl (C=O) groups is 2. The molecule has 2 aromatic rings. The molecular formula is C25H26BrNO2. The van der Waals surface area contributed by atoms with Gasteiger partial charge in [0.05, 0.1) is 0 Å². The van der Waals surface area contributed by atoms with Gasteiger partial charge in [-0.25, -0.2) is 0 Å². The van der Waals surface area contributed by atoms with Gasteiger partial charge in [0.2, 0.25) is 5.91 Å². The summed E-state index contributed by atoms with van der Waals surface area (Å²) in [6, 6.07) is 16.2. The van der Waals surface area contributed by atoms with Gasteiger partial charge in [0.1, 0.15) is 0 Å². The van der Waals surface area contributed by atoms with Crippen LogP contribution in [0.5, 0.6) is 0 Å². The van der Waals surface area contributed by atoms with E-state index in [4.69, 9.17) is 0 Å². The van der Waals surface area contributed by atoms with Gasteiger partial charge in [-0.2, -0.15) is 0 Å². The maximum Gasteiger partial charge on any atom is 0.232 e. The van der Waals surface area contributed by atoms with Crippen LogP contribution in [0, 0.1) is 5.41 Å². The zero-order valence-electron chi connectivity index (χ0n) is 17.2. The third kappa shape index (κ3) is 3.83. The summed E-state index contributed by atoms with van der Waals surface area (Å²) in [6.45, 7) is 6.35. The van der Waals surface area contributed by atoms with Crippen LogP contribution in [-0.4, -0.2) is 11.7 Å². The van der Waals surface area contributed by atoms with Gasteiger partial charge >= 0.3 is 0 Å². The molecule has 0 bridgehead atoms. The number of aryl methyl sites for hydroxylation is 1. The van der Waals surface area contributed by atoms with Crippen molar-refractivity contribution in [2.75, 3.05) is 4.90 Å². The predicted molar refractivity (Wildman–Crippen MR) is 120 cm³/mol. The highest BCUT2D eigenvalue weighted by atomic mass is 79.9. The molecule has 0 radical (unpaired) electrons. The summed E-state index contributed by atoms with van der Waals surface area (Å²) in [4.78, 5) is 28.4. The van der Waals surface area contributed by atoms with Crippen LogP contribution in [0.15, 0.2) is 64.3 Å². The second-order valence-electron chi connectivity index (χ2n) is 8.86. The van der Waals surface area contributed by atoms with Gasteiger partial charge in [-0.15, -0.1) is 0 Å². The molecule has 3 nitrogen and oxygen atoms in total. The number of nitrogens with zero attached hydrogens (tertiary/aromatic N) is 1. The van der Waals surface area contributed by atoms with Crippen molar-refractivity contribution in [3.05, 3.63) is 75.4 Å². The molecule has 1 unspecified atom stereocenters. The van der Waals surface area contributed by atoms with Crippen LogP contribution in [0.1, 0.15) is 57.1 Å². The van der Waals surface area contributed by atoms with Crippen molar-refractivity contribution in [1.29, 1.82) is 0 Å². The second kappa shape index (κ2) is 7.56. The fraction of sp³-hybridized carbons (Fsp3) is 0.360. The van der Waals surface area contributed by atoms with Crippen molar-refractivity contribution in [2.45, 2.75) is 52.4 Å². The number of carbonyl (C=O) groups excluding carboxylic acids is 2. The summed E-state index contributed by atoms with van der Waals surface area (Å²) in [5.74, 6) is 0.0700. The van der Waals surface area contributed by atoms with Gasteiger partial charge in [0, 0.05) is 40.2 Å². The number of ketones is 1. The van der Waals surface area contributed by atoms with Gasteiger partial charge < -0.3 is 0 Å². The average Bonchev–Trinajstić information content (AvgIpc) is 2.66. The van der Waals surface area contributed by atoms with E-state index < -0.39 is 0 Å². The lowest BCUT2D eigenvalue weighted by atomic mass is 9.69. The molecule has 150 valence electrons. The number of halogens is 1. The van der Waals surface area contributed by atoms with Crippen LogP contribution >= 0.6 is 15.9 Å². The Bertz CT molecular complexity index is 1000. The first kappa shape index (κ1) is 20.1. The minimum atomic E-state index is -0.158. The van der Waals surface area contributed by atoms with Crippen molar-refractivity contribution in [2.24, 2.45) is 5.41 Å². The first-order chi connectivity index (χ1) is 13.8. The van der Waals surface area contributed by atoms with E-state index in [0.717, 1.165) is 39.8 Å². The maximum absolute atomic E-state index is 13.4. The first-order valence-corrected chi connectivity index (χ1v) is 11.0. The lowest BCUT2D eigenvalue weighted by molar-refractivity contribution is -0.121. The zero-order chi connectivity index (χ0) is 20.8. The highest BCUT2D eigenvalue weighted by Gasteiger charge is 2.44. The third-order valence-electron chi connectivity index (χ3n) is 6.00. The highest BCUT2D eigenvalue weighted by Crippen LogP contribution is 2.48. The molecule has 0 saturated carbocycles. The number of Topliss-reactive ketones (excluding diaryl/α,β-unsaturated/α-hetero) is 1. The summed E-state index contributed by atoms with van der Waals surface area (Å²) in [5, 5.41) is 0. The van der Waals surface area contributed by atoms with Crippen molar-refractivity contribution < 1.29 is 9.59 Å². The third-order valence-corrected chi connectivity index (χ3v) is 6.49. The normalized spacial score (nSPS) is 21.4. The molecule has 1 aliphatic carbocycles. The summed E-state index contributed by atoms with van der Waals surface area (Å²) < 4.78 is 0.920. The molecule has 0 saturated heterocycles. The fourth-order valence-corrected chi connectivity index (χ4v) is 4.99. The van der Waals surface area contributed by atoms with Gasteiger partial charge in [-0.3, -0.25) is 14.5 Å².